The Morgan fingerprint density at radius 2 is 1.44 bits per heavy atom. The maximum atomic E-state index is 12.9. The third-order valence-electron chi connectivity index (χ3n) is 4.54. The first-order valence-corrected chi connectivity index (χ1v) is 8.79. The monoisotopic (exact) mass is 396 g/mol. The minimum Gasteiger partial charge on any atom is -0.340 e. The van der Waals surface area contributed by atoms with E-state index in [1.54, 1.807) is 4.90 Å². The average Bonchev–Trinajstić information content (AvgIpc) is 2.59. The summed E-state index contributed by atoms with van der Waals surface area (Å²) in [5.41, 5.74) is -2.85. The Balaban J connectivity index is 2.03. The molecule has 1 aliphatic heterocycles. The second-order valence-electron chi connectivity index (χ2n) is 6.64. The van der Waals surface area contributed by atoms with E-state index >= 15 is 0 Å². The first-order chi connectivity index (χ1) is 12.5. The molecule has 1 aliphatic rings. The lowest BCUT2D eigenvalue weighted by Gasteiger charge is -2.34. The number of hydrogen-bond acceptors (Lipinski definition) is 2. The maximum Gasteiger partial charge on any atom is 0.416 e. The zero-order chi connectivity index (χ0) is 20.2. The summed E-state index contributed by atoms with van der Waals surface area (Å²) >= 11 is 0. The van der Waals surface area contributed by atoms with Gasteiger partial charge in [-0.2, -0.15) is 26.3 Å². The molecule has 0 radical (unpaired) electrons. The van der Waals surface area contributed by atoms with Crippen molar-refractivity contribution in [2.24, 2.45) is 0 Å². The lowest BCUT2D eigenvalue weighted by Crippen LogP contribution is -2.48. The Morgan fingerprint density at radius 3 is 1.89 bits per heavy atom. The van der Waals surface area contributed by atoms with Gasteiger partial charge in [0.05, 0.1) is 11.1 Å². The fourth-order valence-electron chi connectivity index (χ4n) is 3.11. The minimum atomic E-state index is -4.88. The van der Waals surface area contributed by atoms with Gasteiger partial charge < -0.3 is 4.90 Å². The van der Waals surface area contributed by atoms with Crippen LogP contribution in [0, 0.1) is 0 Å². The molecule has 1 aromatic carbocycles. The van der Waals surface area contributed by atoms with Gasteiger partial charge in [0.15, 0.2) is 0 Å². The largest absolute Gasteiger partial charge is 0.416 e. The van der Waals surface area contributed by atoms with Crippen molar-refractivity contribution in [3.05, 3.63) is 34.9 Å². The van der Waals surface area contributed by atoms with Crippen molar-refractivity contribution in [2.45, 2.75) is 38.5 Å². The fraction of sp³-hybridized carbons (Fsp3) is 0.611. The molecule has 0 aromatic heterocycles. The van der Waals surface area contributed by atoms with Gasteiger partial charge in [0.25, 0.3) is 0 Å². The van der Waals surface area contributed by atoms with E-state index in [4.69, 9.17) is 0 Å². The summed E-state index contributed by atoms with van der Waals surface area (Å²) in [6.07, 6.45) is -9.04. The second-order valence-corrected chi connectivity index (χ2v) is 6.64. The van der Waals surface area contributed by atoms with E-state index in [0.717, 1.165) is 26.1 Å². The number of piperazine rings is 1. The highest BCUT2D eigenvalue weighted by Crippen LogP contribution is 2.36. The highest BCUT2D eigenvalue weighted by molar-refractivity contribution is 5.76. The molecular weight excluding hydrogens is 374 g/mol. The number of benzene rings is 1. The Bertz CT molecular complexity index is 616. The number of rotatable bonds is 5. The normalized spacial score (nSPS) is 16.6. The van der Waals surface area contributed by atoms with E-state index < -0.39 is 23.5 Å². The van der Waals surface area contributed by atoms with Gasteiger partial charge in [-0.3, -0.25) is 9.69 Å². The van der Waals surface area contributed by atoms with Gasteiger partial charge >= 0.3 is 12.4 Å². The Kier molecular flexibility index (Phi) is 6.77. The number of amides is 1. The molecule has 2 rings (SSSR count). The fourth-order valence-corrected chi connectivity index (χ4v) is 3.11. The van der Waals surface area contributed by atoms with Crippen molar-refractivity contribution in [2.75, 3.05) is 32.7 Å². The third-order valence-corrected chi connectivity index (χ3v) is 4.54. The highest BCUT2D eigenvalue weighted by atomic mass is 19.4. The van der Waals surface area contributed by atoms with Crippen molar-refractivity contribution in [1.82, 2.24) is 9.80 Å². The van der Waals surface area contributed by atoms with Crippen molar-refractivity contribution in [3.63, 3.8) is 0 Å². The first-order valence-electron chi connectivity index (χ1n) is 8.79. The van der Waals surface area contributed by atoms with Crippen LogP contribution in [0.3, 0.4) is 0 Å². The van der Waals surface area contributed by atoms with Crippen LogP contribution >= 0.6 is 0 Å². The van der Waals surface area contributed by atoms with E-state index in [1.165, 1.54) is 0 Å². The van der Waals surface area contributed by atoms with Crippen molar-refractivity contribution in [3.8, 4) is 0 Å². The molecule has 0 N–H and O–H groups in total. The predicted octanol–water partition coefficient (Wildman–Crippen LogP) is 4.21. The third kappa shape index (κ3) is 6.12. The standard InChI is InChI=1S/C18H22F6N2O/c1-2-5-25-6-8-26(9-7-25)16(27)4-3-13-10-14(17(19,20)21)12-15(11-13)18(22,23)24/h10-12H,2-9H2,1H3. The van der Waals surface area contributed by atoms with Crippen LogP contribution in [0.2, 0.25) is 0 Å². The minimum absolute atomic E-state index is 0.0955. The van der Waals surface area contributed by atoms with Gasteiger partial charge in [-0.25, -0.2) is 0 Å². The topological polar surface area (TPSA) is 23.6 Å². The maximum absolute atomic E-state index is 12.9. The molecule has 3 nitrogen and oxygen atoms in total. The number of aryl methyl sites for hydroxylation is 1. The van der Waals surface area contributed by atoms with E-state index in [2.05, 4.69) is 11.8 Å². The summed E-state index contributed by atoms with van der Waals surface area (Å²) in [4.78, 5) is 16.1. The van der Waals surface area contributed by atoms with Gasteiger partial charge in [0, 0.05) is 32.6 Å². The Labute approximate surface area is 153 Å². The molecule has 152 valence electrons. The number of nitrogens with zero attached hydrogens (tertiary/aromatic N) is 2. The zero-order valence-corrected chi connectivity index (χ0v) is 15.0. The second kappa shape index (κ2) is 8.50. The molecule has 1 aromatic rings. The quantitative estimate of drug-likeness (QED) is 0.696. The molecule has 1 saturated heterocycles. The van der Waals surface area contributed by atoms with Crippen molar-refractivity contribution >= 4 is 5.91 Å². The lowest BCUT2D eigenvalue weighted by atomic mass is 10.0. The van der Waals surface area contributed by atoms with Crippen LogP contribution in [0.25, 0.3) is 0 Å². The SMILES string of the molecule is CCCN1CCN(C(=O)CCc2cc(C(F)(F)F)cc(C(F)(F)F)c2)CC1. The molecule has 0 unspecified atom stereocenters. The summed E-state index contributed by atoms with van der Waals surface area (Å²) in [6.45, 7) is 5.49. The summed E-state index contributed by atoms with van der Waals surface area (Å²) in [6, 6.07) is 1.46. The van der Waals surface area contributed by atoms with Crippen LogP contribution in [0.4, 0.5) is 26.3 Å². The number of hydrogen-bond donors (Lipinski definition) is 0. The zero-order valence-electron chi connectivity index (χ0n) is 15.0. The van der Waals surface area contributed by atoms with Crippen LogP contribution in [0.1, 0.15) is 36.5 Å². The van der Waals surface area contributed by atoms with Gasteiger partial charge in [0.1, 0.15) is 0 Å². The lowest BCUT2D eigenvalue weighted by molar-refractivity contribution is -0.143. The number of alkyl halides is 6. The van der Waals surface area contributed by atoms with Gasteiger partial charge in [-0.05, 0) is 43.1 Å². The van der Waals surface area contributed by atoms with Crippen molar-refractivity contribution in [1.29, 1.82) is 0 Å². The molecule has 1 fully saturated rings. The molecule has 0 spiro atoms. The van der Waals surface area contributed by atoms with Crippen LogP contribution < -0.4 is 0 Å². The van der Waals surface area contributed by atoms with E-state index in [0.29, 0.717) is 25.2 Å². The summed E-state index contributed by atoms with van der Waals surface area (Å²) < 4.78 is 77.3. The van der Waals surface area contributed by atoms with Crippen molar-refractivity contribution < 1.29 is 31.1 Å². The van der Waals surface area contributed by atoms with E-state index in [9.17, 15) is 31.1 Å². The first kappa shape index (κ1) is 21.5. The van der Waals surface area contributed by atoms with Crippen LogP contribution in [-0.2, 0) is 23.6 Å². The molecule has 9 heteroatoms. The molecule has 27 heavy (non-hydrogen) atoms. The van der Waals surface area contributed by atoms with E-state index in [1.807, 2.05) is 0 Å². The highest BCUT2D eigenvalue weighted by Gasteiger charge is 2.36. The molecule has 0 atom stereocenters. The molecule has 0 aliphatic carbocycles. The Hall–Kier alpha value is -1.77. The van der Waals surface area contributed by atoms with Gasteiger partial charge in [-0.15, -0.1) is 0 Å². The smallest absolute Gasteiger partial charge is 0.340 e. The van der Waals surface area contributed by atoms with Crippen LogP contribution in [-0.4, -0.2) is 48.4 Å². The molecule has 0 saturated carbocycles. The summed E-state index contributed by atoms with van der Waals surface area (Å²) in [5.74, 6) is -0.253. The number of carbonyl (C=O) groups is 1. The number of halogens is 6. The molecule has 1 heterocycles. The van der Waals surface area contributed by atoms with Crippen LogP contribution in [0.5, 0.6) is 0 Å². The summed E-state index contributed by atoms with van der Waals surface area (Å²) in [5, 5.41) is 0. The predicted molar refractivity (Wildman–Crippen MR) is 88.1 cm³/mol. The average molecular weight is 396 g/mol. The Morgan fingerprint density at radius 1 is 0.926 bits per heavy atom. The van der Waals surface area contributed by atoms with E-state index in [-0.39, 0.29) is 30.4 Å². The van der Waals surface area contributed by atoms with Gasteiger partial charge in [0.2, 0.25) is 5.91 Å². The van der Waals surface area contributed by atoms with Gasteiger partial charge in [-0.1, -0.05) is 6.92 Å². The number of carbonyl (C=O) groups excluding carboxylic acids is 1. The summed E-state index contributed by atoms with van der Waals surface area (Å²) in [7, 11) is 0. The molecule has 1 amide bonds. The van der Waals surface area contributed by atoms with Crippen LogP contribution in [0.15, 0.2) is 18.2 Å². The molecular formula is C18H22F6N2O. The molecule has 0 bridgehead atoms.